The van der Waals surface area contributed by atoms with Gasteiger partial charge in [-0.15, -0.1) is 5.10 Å². The van der Waals surface area contributed by atoms with Gasteiger partial charge in [-0.25, -0.2) is 0 Å². The molecule has 1 aromatic heterocycles. The fourth-order valence-corrected chi connectivity index (χ4v) is 2.24. The second kappa shape index (κ2) is 5.23. The van der Waals surface area contributed by atoms with Crippen molar-refractivity contribution in [2.24, 2.45) is 5.41 Å². The topological polar surface area (TPSA) is 66.9 Å². The molecule has 0 radical (unpaired) electrons. The summed E-state index contributed by atoms with van der Waals surface area (Å²) in [4.78, 5) is 12.3. The number of piperidine rings is 1. The normalized spacial score (nSPS) is 24.3. The molecule has 1 atom stereocenters. The minimum absolute atomic E-state index is 0.0488. The van der Waals surface area contributed by atoms with Crippen molar-refractivity contribution in [3.05, 3.63) is 18.3 Å². The van der Waals surface area contributed by atoms with Crippen LogP contribution in [-0.2, 0) is 4.79 Å². The first-order valence-electron chi connectivity index (χ1n) is 6.07. The smallest absolute Gasteiger partial charge is 0.233 e. The summed E-state index contributed by atoms with van der Waals surface area (Å²) >= 11 is 0. The predicted octanol–water partition coefficient (Wildman–Crippen LogP) is 1.19. The molecule has 0 bridgehead atoms. The van der Waals surface area contributed by atoms with Gasteiger partial charge in [-0.3, -0.25) is 4.79 Å². The number of rotatable bonds is 3. The van der Waals surface area contributed by atoms with Crippen LogP contribution in [0.4, 0.5) is 5.82 Å². The monoisotopic (exact) mass is 234 g/mol. The van der Waals surface area contributed by atoms with E-state index in [1.807, 2.05) is 0 Å². The van der Waals surface area contributed by atoms with E-state index in [0.717, 1.165) is 32.4 Å². The first-order valence-corrected chi connectivity index (χ1v) is 6.07. The fraction of sp³-hybridized carbons (Fsp3) is 0.583. The third-order valence-corrected chi connectivity index (χ3v) is 3.44. The summed E-state index contributed by atoms with van der Waals surface area (Å²) in [6.45, 7) is 3.80. The standard InChI is InChI=1S/C12H18N4O/c1-2-12(6-4-7-13-9-12)11(17)15-10-5-3-8-14-16-10/h3,5,8,13H,2,4,6-7,9H2,1H3,(H,15,16,17). The molecule has 0 saturated carbocycles. The van der Waals surface area contributed by atoms with E-state index >= 15 is 0 Å². The molecule has 92 valence electrons. The van der Waals surface area contributed by atoms with Gasteiger partial charge in [0.1, 0.15) is 0 Å². The highest BCUT2D eigenvalue weighted by atomic mass is 16.2. The molecule has 0 aromatic carbocycles. The lowest BCUT2D eigenvalue weighted by Gasteiger charge is -2.35. The summed E-state index contributed by atoms with van der Waals surface area (Å²) in [5.74, 6) is 0.573. The van der Waals surface area contributed by atoms with Gasteiger partial charge < -0.3 is 10.6 Å². The highest BCUT2D eigenvalue weighted by Gasteiger charge is 2.37. The van der Waals surface area contributed by atoms with Gasteiger partial charge in [0.25, 0.3) is 0 Å². The lowest BCUT2D eigenvalue weighted by Crippen LogP contribution is -2.47. The maximum atomic E-state index is 12.3. The Bertz CT molecular complexity index is 373. The number of carbonyl (C=O) groups is 1. The van der Waals surface area contributed by atoms with E-state index in [9.17, 15) is 4.79 Å². The molecule has 1 unspecified atom stereocenters. The molecule has 0 spiro atoms. The molecule has 0 aliphatic carbocycles. The van der Waals surface area contributed by atoms with Gasteiger partial charge in [0, 0.05) is 12.7 Å². The van der Waals surface area contributed by atoms with Crippen molar-refractivity contribution in [3.8, 4) is 0 Å². The SMILES string of the molecule is CCC1(C(=O)Nc2cccnn2)CCCNC1. The first kappa shape index (κ1) is 12.0. The molecule has 5 nitrogen and oxygen atoms in total. The van der Waals surface area contributed by atoms with Crippen LogP contribution in [0.3, 0.4) is 0 Å². The van der Waals surface area contributed by atoms with Crippen molar-refractivity contribution < 1.29 is 4.79 Å². The molecule has 2 N–H and O–H groups in total. The van der Waals surface area contributed by atoms with Gasteiger partial charge in [0.2, 0.25) is 5.91 Å². The van der Waals surface area contributed by atoms with E-state index in [1.165, 1.54) is 0 Å². The largest absolute Gasteiger partial charge is 0.316 e. The summed E-state index contributed by atoms with van der Waals surface area (Å²) in [7, 11) is 0. The minimum Gasteiger partial charge on any atom is -0.316 e. The van der Waals surface area contributed by atoms with Crippen LogP contribution in [0.25, 0.3) is 0 Å². The minimum atomic E-state index is -0.296. The van der Waals surface area contributed by atoms with Crippen LogP contribution >= 0.6 is 0 Å². The van der Waals surface area contributed by atoms with Gasteiger partial charge >= 0.3 is 0 Å². The molecule has 1 aromatic rings. The van der Waals surface area contributed by atoms with E-state index in [1.54, 1.807) is 18.3 Å². The Balaban J connectivity index is 2.07. The Morgan fingerprint density at radius 2 is 2.53 bits per heavy atom. The molecule has 2 rings (SSSR count). The van der Waals surface area contributed by atoms with Crippen molar-refractivity contribution in [1.82, 2.24) is 15.5 Å². The zero-order valence-electron chi connectivity index (χ0n) is 10.1. The number of amides is 1. The molecule has 1 amide bonds. The zero-order chi connectivity index (χ0) is 12.1. The highest BCUT2D eigenvalue weighted by molar-refractivity contribution is 5.94. The average Bonchev–Trinajstić information content (AvgIpc) is 2.40. The molecular formula is C12H18N4O. The molecular weight excluding hydrogens is 216 g/mol. The Morgan fingerprint density at radius 3 is 3.12 bits per heavy atom. The van der Waals surface area contributed by atoms with Crippen molar-refractivity contribution >= 4 is 11.7 Å². The number of hydrogen-bond acceptors (Lipinski definition) is 4. The number of hydrogen-bond donors (Lipinski definition) is 2. The van der Waals surface area contributed by atoms with E-state index in [-0.39, 0.29) is 11.3 Å². The van der Waals surface area contributed by atoms with E-state index in [4.69, 9.17) is 0 Å². The third kappa shape index (κ3) is 2.61. The van der Waals surface area contributed by atoms with Crippen LogP contribution in [0.2, 0.25) is 0 Å². The maximum absolute atomic E-state index is 12.3. The van der Waals surface area contributed by atoms with Gasteiger partial charge in [0.05, 0.1) is 5.41 Å². The molecule has 1 aliphatic heterocycles. The predicted molar refractivity (Wildman–Crippen MR) is 65.5 cm³/mol. The summed E-state index contributed by atoms with van der Waals surface area (Å²) < 4.78 is 0. The van der Waals surface area contributed by atoms with Crippen LogP contribution in [-0.4, -0.2) is 29.2 Å². The number of anilines is 1. The lowest BCUT2D eigenvalue weighted by molar-refractivity contribution is -0.126. The summed E-state index contributed by atoms with van der Waals surface area (Å²) in [5, 5.41) is 13.8. The summed E-state index contributed by atoms with van der Waals surface area (Å²) in [6, 6.07) is 3.52. The third-order valence-electron chi connectivity index (χ3n) is 3.44. The highest BCUT2D eigenvalue weighted by Crippen LogP contribution is 2.31. The van der Waals surface area contributed by atoms with Gasteiger partial charge in [0.15, 0.2) is 5.82 Å². The number of nitrogens with one attached hydrogen (secondary N) is 2. The maximum Gasteiger partial charge on any atom is 0.233 e. The van der Waals surface area contributed by atoms with E-state index < -0.39 is 0 Å². The van der Waals surface area contributed by atoms with Gasteiger partial charge in [-0.2, -0.15) is 5.10 Å². The Hall–Kier alpha value is -1.49. The second-order valence-electron chi connectivity index (χ2n) is 4.48. The van der Waals surface area contributed by atoms with Crippen LogP contribution in [0.5, 0.6) is 0 Å². The molecule has 1 aliphatic rings. The van der Waals surface area contributed by atoms with E-state index in [0.29, 0.717) is 5.82 Å². The number of nitrogens with zero attached hydrogens (tertiary/aromatic N) is 2. The van der Waals surface area contributed by atoms with Crippen LogP contribution < -0.4 is 10.6 Å². The molecule has 1 saturated heterocycles. The van der Waals surface area contributed by atoms with Crippen LogP contribution in [0.15, 0.2) is 18.3 Å². The van der Waals surface area contributed by atoms with Crippen LogP contribution in [0.1, 0.15) is 26.2 Å². The van der Waals surface area contributed by atoms with Crippen LogP contribution in [0, 0.1) is 5.41 Å². The zero-order valence-corrected chi connectivity index (χ0v) is 10.1. The second-order valence-corrected chi connectivity index (χ2v) is 4.48. The lowest BCUT2D eigenvalue weighted by atomic mass is 9.77. The van der Waals surface area contributed by atoms with Crippen molar-refractivity contribution in [1.29, 1.82) is 0 Å². The number of aromatic nitrogens is 2. The molecule has 1 fully saturated rings. The van der Waals surface area contributed by atoms with Crippen molar-refractivity contribution in [2.75, 3.05) is 18.4 Å². The van der Waals surface area contributed by atoms with E-state index in [2.05, 4.69) is 27.8 Å². The van der Waals surface area contributed by atoms with Gasteiger partial charge in [-0.1, -0.05) is 6.92 Å². The molecule has 17 heavy (non-hydrogen) atoms. The van der Waals surface area contributed by atoms with Crippen molar-refractivity contribution in [2.45, 2.75) is 26.2 Å². The van der Waals surface area contributed by atoms with Crippen molar-refractivity contribution in [3.63, 3.8) is 0 Å². The summed E-state index contributed by atoms with van der Waals surface area (Å²) in [6.07, 6.45) is 4.41. The first-order chi connectivity index (χ1) is 8.27. The Labute approximate surface area is 101 Å². The molecule has 5 heteroatoms. The average molecular weight is 234 g/mol. The molecule has 2 heterocycles. The van der Waals surface area contributed by atoms with Gasteiger partial charge in [-0.05, 0) is 37.9 Å². The Morgan fingerprint density at radius 1 is 1.65 bits per heavy atom. The summed E-state index contributed by atoms with van der Waals surface area (Å²) in [5.41, 5.74) is -0.296. The Kier molecular flexibility index (Phi) is 3.68. The number of carbonyl (C=O) groups excluding carboxylic acids is 1. The quantitative estimate of drug-likeness (QED) is 0.824. The fourth-order valence-electron chi connectivity index (χ4n) is 2.24.